The van der Waals surface area contributed by atoms with Crippen LogP contribution in [0.1, 0.15) is 26.2 Å². The highest BCUT2D eigenvalue weighted by Crippen LogP contribution is 2.23. The number of rotatable bonds is 5. The molecule has 20 heavy (non-hydrogen) atoms. The Balaban J connectivity index is 1.71. The van der Waals surface area contributed by atoms with Crippen molar-refractivity contribution in [3.05, 3.63) is 30.6 Å². The summed E-state index contributed by atoms with van der Waals surface area (Å²) in [5.74, 6) is 2.04. The molecule has 1 saturated heterocycles. The maximum absolute atomic E-state index is 4.38. The van der Waals surface area contributed by atoms with E-state index < -0.39 is 0 Å². The fourth-order valence-electron chi connectivity index (χ4n) is 3.11. The Morgan fingerprint density at radius 2 is 2.35 bits per heavy atom. The molecule has 0 saturated carbocycles. The topological polar surface area (TPSA) is 32.6 Å². The van der Waals surface area contributed by atoms with Crippen molar-refractivity contribution in [2.45, 2.75) is 26.2 Å². The molecule has 1 aliphatic heterocycles. The number of anilines is 1. The first-order chi connectivity index (χ1) is 9.88. The molecule has 3 heterocycles. The number of piperidine rings is 1. The highest BCUT2D eigenvalue weighted by atomic mass is 15.2. The Morgan fingerprint density at radius 3 is 3.25 bits per heavy atom. The molecule has 0 amide bonds. The number of hydrogen-bond donors (Lipinski definition) is 1. The smallest absolute Gasteiger partial charge is 0.138 e. The molecule has 3 rings (SSSR count). The summed E-state index contributed by atoms with van der Waals surface area (Å²) in [5, 5.41) is 3.56. The normalized spacial score (nSPS) is 19.6. The van der Waals surface area contributed by atoms with Crippen LogP contribution < -0.4 is 10.2 Å². The van der Waals surface area contributed by atoms with Gasteiger partial charge in [0.15, 0.2) is 0 Å². The van der Waals surface area contributed by atoms with Gasteiger partial charge in [-0.25, -0.2) is 4.98 Å². The zero-order valence-electron chi connectivity index (χ0n) is 12.3. The van der Waals surface area contributed by atoms with Gasteiger partial charge in [0, 0.05) is 25.5 Å². The monoisotopic (exact) mass is 272 g/mol. The Hall–Kier alpha value is -1.55. The van der Waals surface area contributed by atoms with Crippen molar-refractivity contribution < 1.29 is 0 Å². The van der Waals surface area contributed by atoms with Gasteiger partial charge in [0.2, 0.25) is 0 Å². The molecule has 108 valence electrons. The lowest BCUT2D eigenvalue weighted by Gasteiger charge is -2.34. The third-order valence-electron chi connectivity index (χ3n) is 4.11. The quantitative estimate of drug-likeness (QED) is 0.849. The second kappa shape index (κ2) is 6.27. The Kier molecular flexibility index (Phi) is 4.21. The van der Waals surface area contributed by atoms with E-state index in [4.69, 9.17) is 0 Å². The number of hydrogen-bond acceptors (Lipinski definition) is 3. The van der Waals surface area contributed by atoms with Crippen molar-refractivity contribution in [1.29, 1.82) is 0 Å². The fraction of sp³-hybridized carbons (Fsp3) is 0.562. The van der Waals surface area contributed by atoms with Crippen LogP contribution in [0.3, 0.4) is 0 Å². The molecule has 1 aliphatic rings. The molecule has 0 aromatic carbocycles. The van der Waals surface area contributed by atoms with E-state index in [0.29, 0.717) is 0 Å². The van der Waals surface area contributed by atoms with Gasteiger partial charge in [-0.1, -0.05) is 13.0 Å². The van der Waals surface area contributed by atoms with Crippen molar-refractivity contribution in [3.8, 4) is 0 Å². The zero-order valence-corrected chi connectivity index (χ0v) is 12.3. The first kappa shape index (κ1) is 13.4. The molecule has 0 aliphatic carbocycles. The summed E-state index contributed by atoms with van der Waals surface area (Å²) in [6, 6.07) is 6.38. The lowest BCUT2D eigenvalue weighted by molar-refractivity contribution is 0.390. The number of nitrogens with zero attached hydrogens (tertiary/aromatic N) is 3. The van der Waals surface area contributed by atoms with Crippen LogP contribution in [-0.2, 0) is 0 Å². The van der Waals surface area contributed by atoms with Crippen molar-refractivity contribution >= 4 is 11.5 Å². The van der Waals surface area contributed by atoms with Crippen LogP contribution in [0.25, 0.3) is 5.65 Å². The van der Waals surface area contributed by atoms with Crippen LogP contribution in [0.2, 0.25) is 0 Å². The average Bonchev–Trinajstić information content (AvgIpc) is 2.96. The number of pyridine rings is 1. The fourth-order valence-corrected chi connectivity index (χ4v) is 3.11. The first-order valence-electron chi connectivity index (χ1n) is 7.76. The van der Waals surface area contributed by atoms with Crippen LogP contribution in [0.15, 0.2) is 30.6 Å². The molecule has 1 unspecified atom stereocenters. The van der Waals surface area contributed by atoms with Gasteiger partial charge in [-0.3, -0.25) is 4.40 Å². The Labute approximate surface area is 120 Å². The van der Waals surface area contributed by atoms with Gasteiger partial charge in [-0.15, -0.1) is 0 Å². The molecule has 1 N–H and O–H groups in total. The Bertz CT molecular complexity index is 548. The van der Waals surface area contributed by atoms with Crippen molar-refractivity contribution in [3.63, 3.8) is 0 Å². The minimum Gasteiger partial charge on any atom is -0.357 e. The number of aromatic nitrogens is 2. The number of fused-ring (bicyclic) bond motifs is 1. The molecular weight excluding hydrogens is 248 g/mol. The van der Waals surface area contributed by atoms with E-state index in [1.54, 1.807) is 0 Å². The van der Waals surface area contributed by atoms with Gasteiger partial charge >= 0.3 is 0 Å². The molecule has 1 atom stereocenters. The third-order valence-corrected chi connectivity index (χ3v) is 4.11. The summed E-state index contributed by atoms with van der Waals surface area (Å²) in [7, 11) is 0. The predicted molar refractivity (Wildman–Crippen MR) is 83.3 cm³/mol. The minimum atomic E-state index is 0.758. The molecule has 0 bridgehead atoms. The highest BCUT2D eigenvalue weighted by molar-refractivity contribution is 5.51. The van der Waals surface area contributed by atoms with Gasteiger partial charge in [0.25, 0.3) is 0 Å². The molecule has 1 fully saturated rings. The van der Waals surface area contributed by atoms with E-state index in [0.717, 1.165) is 37.7 Å². The van der Waals surface area contributed by atoms with Crippen molar-refractivity contribution in [2.24, 2.45) is 5.92 Å². The largest absolute Gasteiger partial charge is 0.357 e. The van der Waals surface area contributed by atoms with Crippen molar-refractivity contribution in [1.82, 2.24) is 14.7 Å². The SMILES string of the molecule is CCCNCC1CCCN(c2cccc3nccn23)C1. The van der Waals surface area contributed by atoms with E-state index in [9.17, 15) is 0 Å². The maximum atomic E-state index is 4.38. The standard InChI is InChI=1S/C16H24N4/c1-2-8-17-12-14-5-4-10-19(13-14)16-7-3-6-15-18-9-11-20(15)16/h3,6-7,9,11,14,17H,2,4-5,8,10,12-13H2,1H3. The second-order valence-corrected chi connectivity index (χ2v) is 5.70. The van der Waals surface area contributed by atoms with Crippen molar-refractivity contribution in [2.75, 3.05) is 31.1 Å². The van der Waals surface area contributed by atoms with Gasteiger partial charge in [0.05, 0.1) is 0 Å². The summed E-state index contributed by atoms with van der Waals surface area (Å²) in [5.41, 5.74) is 1.04. The summed E-state index contributed by atoms with van der Waals surface area (Å²) >= 11 is 0. The summed E-state index contributed by atoms with van der Waals surface area (Å²) < 4.78 is 2.20. The summed E-state index contributed by atoms with van der Waals surface area (Å²) in [4.78, 5) is 6.89. The van der Waals surface area contributed by atoms with E-state index in [1.807, 2.05) is 6.20 Å². The number of imidazole rings is 1. The van der Waals surface area contributed by atoms with Crippen LogP contribution in [-0.4, -0.2) is 35.6 Å². The molecule has 2 aromatic rings. The molecule has 0 radical (unpaired) electrons. The zero-order chi connectivity index (χ0) is 13.8. The molecule has 4 nitrogen and oxygen atoms in total. The van der Waals surface area contributed by atoms with Crippen LogP contribution in [0.4, 0.5) is 5.82 Å². The predicted octanol–water partition coefficient (Wildman–Crippen LogP) is 2.55. The molecule has 2 aromatic heterocycles. The van der Waals surface area contributed by atoms with Crippen LogP contribution in [0.5, 0.6) is 0 Å². The lowest BCUT2D eigenvalue weighted by atomic mass is 9.98. The second-order valence-electron chi connectivity index (χ2n) is 5.70. The van der Waals surface area contributed by atoms with E-state index in [1.165, 1.54) is 25.1 Å². The summed E-state index contributed by atoms with van der Waals surface area (Å²) in [6.45, 7) is 6.80. The lowest BCUT2D eigenvalue weighted by Crippen LogP contribution is -2.40. The maximum Gasteiger partial charge on any atom is 0.138 e. The third kappa shape index (κ3) is 2.80. The molecule has 4 heteroatoms. The number of nitrogens with one attached hydrogen (secondary N) is 1. The average molecular weight is 272 g/mol. The van der Waals surface area contributed by atoms with Gasteiger partial charge in [0.1, 0.15) is 11.5 Å². The first-order valence-corrected chi connectivity index (χ1v) is 7.76. The van der Waals surface area contributed by atoms with E-state index >= 15 is 0 Å². The Morgan fingerprint density at radius 1 is 1.40 bits per heavy atom. The molecular formula is C16H24N4. The van der Waals surface area contributed by atoms with Gasteiger partial charge in [-0.2, -0.15) is 0 Å². The van der Waals surface area contributed by atoms with Crippen LogP contribution >= 0.6 is 0 Å². The van der Waals surface area contributed by atoms with Gasteiger partial charge in [-0.05, 0) is 50.4 Å². The van der Waals surface area contributed by atoms with E-state index in [-0.39, 0.29) is 0 Å². The molecule has 0 spiro atoms. The van der Waals surface area contributed by atoms with Gasteiger partial charge < -0.3 is 10.2 Å². The van der Waals surface area contributed by atoms with Crippen LogP contribution in [0, 0.1) is 5.92 Å². The minimum absolute atomic E-state index is 0.758. The van der Waals surface area contributed by atoms with E-state index in [2.05, 4.69) is 50.9 Å². The summed E-state index contributed by atoms with van der Waals surface area (Å²) in [6.07, 6.45) is 7.77. The highest BCUT2D eigenvalue weighted by Gasteiger charge is 2.21.